The summed E-state index contributed by atoms with van der Waals surface area (Å²) >= 11 is 0. The number of H-pyrrole nitrogens is 1. The SMILES string of the molecule is COc1ncccc1-c1ccc(O)c(-c2nc3ccc(C(=O)NC(C)C(N)=NC=N)cc3[nH]2)c1. The number of methoxy groups -OCH3 is 1. The monoisotopic (exact) mass is 457 g/mol. The van der Waals surface area contributed by atoms with Crippen LogP contribution >= 0.6 is 0 Å². The minimum absolute atomic E-state index is 0.0541. The number of pyridine rings is 1. The number of nitrogens with two attached hydrogens (primary N) is 1. The van der Waals surface area contributed by atoms with Crippen molar-refractivity contribution >= 4 is 29.1 Å². The van der Waals surface area contributed by atoms with Gasteiger partial charge < -0.3 is 25.9 Å². The number of amidine groups is 1. The molecule has 0 radical (unpaired) electrons. The van der Waals surface area contributed by atoms with Crippen LogP contribution in [0.4, 0.5) is 0 Å². The van der Waals surface area contributed by atoms with Crippen molar-refractivity contribution in [2.75, 3.05) is 7.11 Å². The van der Waals surface area contributed by atoms with E-state index in [-0.39, 0.29) is 17.5 Å². The number of carbonyl (C=O) groups is 1. The van der Waals surface area contributed by atoms with Crippen LogP contribution in [0.25, 0.3) is 33.5 Å². The number of nitrogens with one attached hydrogen (secondary N) is 3. The van der Waals surface area contributed by atoms with Gasteiger partial charge in [-0.05, 0) is 55.0 Å². The lowest BCUT2D eigenvalue weighted by Gasteiger charge is -2.12. The molecule has 0 aliphatic rings. The fourth-order valence-corrected chi connectivity index (χ4v) is 3.49. The molecule has 0 saturated carbocycles. The molecule has 0 aliphatic heterocycles. The van der Waals surface area contributed by atoms with E-state index in [0.717, 1.165) is 17.5 Å². The van der Waals surface area contributed by atoms with Crippen LogP contribution in [0.15, 0.2) is 59.7 Å². The average Bonchev–Trinajstić information content (AvgIpc) is 3.27. The molecule has 0 fully saturated rings. The fourth-order valence-electron chi connectivity index (χ4n) is 3.49. The van der Waals surface area contributed by atoms with Crippen molar-refractivity contribution in [2.24, 2.45) is 10.7 Å². The molecule has 1 unspecified atom stereocenters. The van der Waals surface area contributed by atoms with E-state index in [0.29, 0.717) is 33.9 Å². The lowest BCUT2D eigenvalue weighted by atomic mass is 10.0. The molecule has 2 aromatic heterocycles. The number of aromatic amines is 1. The maximum atomic E-state index is 12.6. The maximum absolute atomic E-state index is 12.6. The summed E-state index contributed by atoms with van der Waals surface area (Å²) in [6, 6.07) is 13.4. The third-order valence-corrected chi connectivity index (χ3v) is 5.28. The topological polar surface area (TPSA) is 162 Å². The Kier molecular flexibility index (Phi) is 6.22. The number of nitrogens with zero attached hydrogens (tertiary/aromatic N) is 3. The molecule has 0 spiro atoms. The van der Waals surface area contributed by atoms with Crippen molar-refractivity contribution in [1.82, 2.24) is 20.3 Å². The van der Waals surface area contributed by atoms with Crippen molar-refractivity contribution in [1.29, 1.82) is 5.41 Å². The summed E-state index contributed by atoms with van der Waals surface area (Å²) in [6.45, 7) is 1.68. The Balaban J connectivity index is 1.67. The minimum atomic E-state index is -0.536. The third kappa shape index (κ3) is 4.42. The van der Waals surface area contributed by atoms with Crippen LogP contribution in [0.5, 0.6) is 11.6 Å². The van der Waals surface area contributed by atoms with Gasteiger partial charge >= 0.3 is 0 Å². The van der Waals surface area contributed by atoms with Crippen LogP contribution in [-0.4, -0.2) is 51.3 Å². The maximum Gasteiger partial charge on any atom is 0.251 e. The van der Waals surface area contributed by atoms with E-state index in [4.69, 9.17) is 15.9 Å². The first kappa shape index (κ1) is 22.5. The molecule has 6 N–H and O–H groups in total. The Morgan fingerprint density at radius 2 is 2.09 bits per heavy atom. The number of ether oxygens (including phenoxy) is 1. The molecule has 4 rings (SSSR count). The predicted octanol–water partition coefficient (Wildman–Crippen LogP) is 3.09. The number of aromatic hydroxyl groups is 1. The lowest BCUT2D eigenvalue weighted by Crippen LogP contribution is -2.42. The second kappa shape index (κ2) is 9.41. The number of hydrogen-bond donors (Lipinski definition) is 5. The van der Waals surface area contributed by atoms with Crippen molar-refractivity contribution in [2.45, 2.75) is 13.0 Å². The Hall–Kier alpha value is -4.73. The van der Waals surface area contributed by atoms with Gasteiger partial charge in [-0.3, -0.25) is 10.2 Å². The second-order valence-corrected chi connectivity index (χ2v) is 7.49. The number of phenols is 1. The first-order chi connectivity index (χ1) is 16.4. The van der Waals surface area contributed by atoms with E-state index >= 15 is 0 Å². The van der Waals surface area contributed by atoms with Gasteiger partial charge in [0.2, 0.25) is 5.88 Å². The van der Waals surface area contributed by atoms with Crippen molar-refractivity contribution in [3.8, 4) is 34.1 Å². The minimum Gasteiger partial charge on any atom is -0.507 e. The fraction of sp³-hybridized carbons (Fsp3) is 0.125. The van der Waals surface area contributed by atoms with Gasteiger partial charge in [0.1, 0.15) is 23.7 Å². The molecule has 4 aromatic rings. The van der Waals surface area contributed by atoms with Crippen LogP contribution in [0.2, 0.25) is 0 Å². The average molecular weight is 457 g/mol. The highest BCUT2D eigenvalue weighted by Crippen LogP contribution is 2.35. The molecule has 34 heavy (non-hydrogen) atoms. The van der Waals surface area contributed by atoms with Crippen LogP contribution in [-0.2, 0) is 0 Å². The number of rotatable bonds is 7. The smallest absolute Gasteiger partial charge is 0.251 e. The molecule has 2 aromatic carbocycles. The zero-order chi connectivity index (χ0) is 24.2. The number of aromatic nitrogens is 3. The van der Waals surface area contributed by atoms with E-state index < -0.39 is 6.04 Å². The number of carbonyl (C=O) groups excluding carboxylic acids is 1. The highest BCUT2D eigenvalue weighted by Gasteiger charge is 2.16. The molecule has 0 aliphatic carbocycles. The van der Waals surface area contributed by atoms with Gasteiger partial charge in [-0.1, -0.05) is 6.07 Å². The second-order valence-electron chi connectivity index (χ2n) is 7.49. The Morgan fingerprint density at radius 3 is 2.85 bits per heavy atom. The van der Waals surface area contributed by atoms with Gasteiger partial charge in [-0.15, -0.1) is 0 Å². The van der Waals surface area contributed by atoms with E-state index in [1.807, 2.05) is 12.1 Å². The van der Waals surface area contributed by atoms with Crippen LogP contribution in [0, 0.1) is 5.41 Å². The summed E-state index contributed by atoms with van der Waals surface area (Å²) in [5.74, 6) is 0.764. The van der Waals surface area contributed by atoms with Gasteiger partial charge in [0.15, 0.2) is 0 Å². The normalized spacial score (nSPS) is 12.4. The summed E-state index contributed by atoms with van der Waals surface area (Å²) in [5.41, 5.74) is 9.46. The number of imidazole rings is 1. The molecule has 2 heterocycles. The molecule has 0 saturated heterocycles. The van der Waals surface area contributed by atoms with E-state index in [2.05, 4.69) is 25.3 Å². The van der Waals surface area contributed by atoms with Crippen LogP contribution in [0.1, 0.15) is 17.3 Å². The van der Waals surface area contributed by atoms with Gasteiger partial charge in [-0.25, -0.2) is 15.0 Å². The van der Waals surface area contributed by atoms with Crippen molar-refractivity contribution < 1.29 is 14.6 Å². The number of amides is 1. The van der Waals surface area contributed by atoms with E-state index in [9.17, 15) is 9.90 Å². The Morgan fingerprint density at radius 1 is 1.26 bits per heavy atom. The Bertz CT molecular complexity index is 1410. The van der Waals surface area contributed by atoms with Crippen molar-refractivity contribution in [3.05, 3.63) is 60.3 Å². The summed E-state index contributed by atoms with van der Waals surface area (Å²) in [5, 5.41) is 20.2. The summed E-state index contributed by atoms with van der Waals surface area (Å²) in [6.07, 6.45) is 2.47. The zero-order valence-corrected chi connectivity index (χ0v) is 18.5. The quantitative estimate of drug-likeness (QED) is 0.211. The third-order valence-electron chi connectivity index (χ3n) is 5.28. The molecular weight excluding hydrogens is 434 g/mol. The Labute approximate surface area is 195 Å². The highest BCUT2D eigenvalue weighted by atomic mass is 16.5. The highest BCUT2D eigenvalue weighted by molar-refractivity contribution is 6.01. The van der Waals surface area contributed by atoms with Gasteiger partial charge in [0, 0.05) is 17.3 Å². The molecule has 1 atom stereocenters. The first-order valence-corrected chi connectivity index (χ1v) is 10.4. The van der Waals surface area contributed by atoms with Crippen LogP contribution in [0.3, 0.4) is 0 Å². The first-order valence-electron chi connectivity index (χ1n) is 10.4. The van der Waals surface area contributed by atoms with Gasteiger partial charge in [-0.2, -0.15) is 0 Å². The van der Waals surface area contributed by atoms with E-state index in [1.54, 1.807) is 56.6 Å². The summed E-state index contributed by atoms with van der Waals surface area (Å²) in [4.78, 5) is 28.3. The van der Waals surface area contributed by atoms with Gasteiger partial charge in [0.05, 0.1) is 29.7 Å². The lowest BCUT2D eigenvalue weighted by molar-refractivity contribution is 0.0949. The van der Waals surface area contributed by atoms with Crippen LogP contribution < -0.4 is 15.8 Å². The number of fused-ring (bicyclic) bond motifs is 1. The van der Waals surface area contributed by atoms with E-state index in [1.165, 1.54) is 0 Å². The predicted molar refractivity (Wildman–Crippen MR) is 130 cm³/mol. The molecule has 172 valence electrons. The molecule has 10 nitrogen and oxygen atoms in total. The zero-order valence-electron chi connectivity index (χ0n) is 18.5. The summed E-state index contributed by atoms with van der Waals surface area (Å²) in [7, 11) is 1.55. The standard InChI is InChI=1S/C24H23N7O3/c1-13(21(26)28-12-25)29-23(33)15-5-7-18-19(11-15)31-22(30-18)17-10-14(6-8-20(17)32)16-4-3-9-27-24(16)34-2/h3-13,32H,1-2H3,(H,29,33)(H,30,31)(H3,25,26,28). The number of aliphatic imine (C=N–C) groups is 1. The number of benzene rings is 2. The molecule has 10 heteroatoms. The summed E-state index contributed by atoms with van der Waals surface area (Å²) < 4.78 is 5.35. The largest absolute Gasteiger partial charge is 0.507 e. The van der Waals surface area contributed by atoms with Gasteiger partial charge in [0.25, 0.3) is 5.91 Å². The molecular formula is C24H23N7O3. The number of phenolic OH excluding ortho intramolecular Hbond substituents is 1. The molecule has 0 bridgehead atoms. The van der Waals surface area contributed by atoms with Crippen molar-refractivity contribution in [3.63, 3.8) is 0 Å². The molecule has 1 amide bonds. The number of hydrogen-bond acceptors (Lipinski definition) is 6.